The van der Waals surface area contributed by atoms with Crippen LogP contribution in [0.15, 0.2) is 23.4 Å². The molecule has 17 heavy (non-hydrogen) atoms. The number of oxime groups is 1. The number of hydrogen-bond donors (Lipinski definition) is 2. The first-order valence-electron chi connectivity index (χ1n) is 5.49. The number of benzene rings is 1. The van der Waals surface area contributed by atoms with Gasteiger partial charge in [0.2, 0.25) is 0 Å². The average Bonchev–Trinajstić information content (AvgIpc) is 2.35. The molecule has 0 amide bonds. The lowest BCUT2D eigenvalue weighted by Crippen LogP contribution is -2.17. The van der Waals surface area contributed by atoms with E-state index in [1.54, 1.807) is 18.2 Å². The van der Waals surface area contributed by atoms with Gasteiger partial charge < -0.3 is 15.7 Å². The number of ether oxygens (including phenoxy) is 1. The summed E-state index contributed by atoms with van der Waals surface area (Å²) < 4.78 is 5.64. The number of rotatable bonds is 5. The Kier molecular flexibility index (Phi) is 5.10. The summed E-state index contributed by atoms with van der Waals surface area (Å²) in [7, 11) is 0. The number of hydrogen-bond acceptors (Lipinski definition) is 3. The van der Waals surface area contributed by atoms with Crippen LogP contribution >= 0.6 is 11.6 Å². The molecule has 0 spiro atoms. The zero-order valence-electron chi connectivity index (χ0n) is 9.98. The molecular weight excluding hydrogens is 240 g/mol. The minimum atomic E-state index is -0.0465. The lowest BCUT2D eigenvalue weighted by molar-refractivity contribution is 0.256. The first kappa shape index (κ1) is 13.6. The third kappa shape index (κ3) is 3.53. The fourth-order valence-corrected chi connectivity index (χ4v) is 1.54. The fourth-order valence-electron chi connectivity index (χ4n) is 1.27. The van der Waals surface area contributed by atoms with Crippen molar-refractivity contribution in [2.24, 2.45) is 16.8 Å². The SMILES string of the molecule is CCC(C)COc1cccc(Cl)c1/C(N)=N/O. The van der Waals surface area contributed by atoms with Gasteiger partial charge in [-0.05, 0) is 18.1 Å². The molecule has 1 aromatic rings. The Morgan fingerprint density at radius 2 is 2.29 bits per heavy atom. The van der Waals surface area contributed by atoms with Crippen molar-refractivity contribution in [2.45, 2.75) is 20.3 Å². The topological polar surface area (TPSA) is 67.8 Å². The first-order chi connectivity index (χ1) is 8.10. The van der Waals surface area contributed by atoms with Crippen LogP contribution in [0.2, 0.25) is 5.02 Å². The molecule has 0 bridgehead atoms. The van der Waals surface area contributed by atoms with Crippen molar-refractivity contribution in [3.8, 4) is 5.75 Å². The molecule has 94 valence electrons. The molecule has 0 saturated carbocycles. The highest BCUT2D eigenvalue weighted by Gasteiger charge is 2.13. The van der Waals surface area contributed by atoms with Gasteiger partial charge in [-0.25, -0.2) is 0 Å². The van der Waals surface area contributed by atoms with Gasteiger partial charge in [0.15, 0.2) is 5.84 Å². The fraction of sp³-hybridized carbons (Fsp3) is 0.417. The predicted molar refractivity (Wildman–Crippen MR) is 68.9 cm³/mol. The zero-order chi connectivity index (χ0) is 12.8. The van der Waals surface area contributed by atoms with Crippen LogP contribution in [-0.4, -0.2) is 17.6 Å². The smallest absolute Gasteiger partial charge is 0.175 e. The van der Waals surface area contributed by atoms with Crippen molar-refractivity contribution >= 4 is 17.4 Å². The predicted octanol–water partition coefficient (Wildman–Crippen LogP) is 2.86. The Labute approximate surface area is 106 Å². The van der Waals surface area contributed by atoms with Gasteiger partial charge in [-0.15, -0.1) is 0 Å². The highest BCUT2D eigenvalue weighted by molar-refractivity contribution is 6.34. The molecule has 0 saturated heterocycles. The van der Waals surface area contributed by atoms with E-state index >= 15 is 0 Å². The lowest BCUT2D eigenvalue weighted by Gasteiger charge is -2.14. The van der Waals surface area contributed by atoms with Crippen LogP contribution in [-0.2, 0) is 0 Å². The highest BCUT2D eigenvalue weighted by atomic mass is 35.5. The third-order valence-electron chi connectivity index (χ3n) is 2.56. The van der Waals surface area contributed by atoms with E-state index in [1.165, 1.54) is 0 Å². The molecule has 5 heteroatoms. The normalized spacial score (nSPS) is 13.5. The summed E-state index contributed by atoms with van der Waals surface area (Å²) in [4.78, 5) is 0. The Balaban J connectivity index is 2.95. The van der Waals surface area contributed by atoms with E-state index in [1.807, 2.05) is 0 Å². The van der Waals surface area contributed by atoms with Crippen molar-refractivity contribution in [1.82, 2.24) is 0 Å². The lowest BCUT2D eigenvalue weighted by atomic mass is 10.1. The van der Waals surface area contributed by atoms with Gasteiger partial charge in [-0.3, -0.25) is 0 Å². The molecule has 0 aliphatic rings. The molecule has 0 aliphatic heterocycles. The van der Waals surface area contributed by atoms with Gasteiger partial charge in [-0.1, -0.05) is 43.1 Å². The monoisotopic (exact) mass is 256 g/mol. The molecule has 4 nitrogen and oxygen atoms in total. The second kappa shape index (κ2) is 6.35. The van der Waals surface area contributed by atoms with E-state index in [0.717, 1.165) is 6.42 Å². The van der Waals surface area contributed by atoms with E-state index in [-0.39, 0.29) is 5.84 Å². The van der Waals surface area contributed by atoms with Gasteiger partial charge in [-0.2, -0.15) is 0 Å². The summed E-state index contributed by atoms with van der Waals surface area (Å²) in [5.74, 6) is 0.928. The van der Waals surface area contributed by atoms with E-state index in [4.69, 9.17) is 27.3 Å². The molecule has 1 atom stereocenters. The van der Waals surface area contributed by atoms with E-state index in [9.17, 15) is 0 Å². The van der Waals surface area contributed by atoms with Crippen molar-refractivity contribution in [3.05, 3.63) is 28.8 Å². The van der Waals surface area contributed by atoms with Gasteiger partial charge in [0, 0.05) is 0 Å². The van der Waals surface area contributed by atoms with Crippen molar-refractivity contribution in [1.29, 1.82) is 0 Å². The Hall–Kier alpha value is -1.42. The number of halogens is 1. The summed E-state index contributed by atoms with van der Waals surface area (Å²) >= 11 is 6.00. The van der Waals surface area contributed by atoms with Crippen LogP contribution in [0.5, 0.6) is 5.75 Å². The summed E-state index contributed by atoms with van der Waals surface area (Å²) in [6.07, 6.45) is 1.03. The van der Waals surface area contributed by atoms with Gasteiger partial charge in [0.25, 0.3) is 0 Å². The summed E-state index contributed by atoms with van der Waals surface area (Å²) in [5.41, 5.74) is 6.00. The molecule has 0 radical (unpaired) electrons. The van der Waals surface area contributed by atoms with Gasteiger partial charge in [0.05, 0.1) is 17.2 Å². The molecule has 0 heterocycles. The van der Waals surface area contributed by atoms with Gasteiger partial charge >= 0.3 is 0 Å². The summed E-state index contributed by atoms with van der Waals surface area (Å²) in [5, 5.41) is 12.1. The van der Waals surface area contributed by atoms with Crippen molar-refractivity contribution in [3.63, 3.8) is 0 Å². The summed E-state index contributed by atoms with van der Waals surface area (Å²) in [6, 6.07) is 5.19. The molecule has 0 aromatic heterocycles. The quantitative estimate of drug-likeness (QED) is 0.368. The van der Waals surface area contributed by atoms with Crippen molar-refractivity contribution in [2.75, 3.05) is 6.61 Å². The van der Waals surface area contributed by atoms with E-state index < -0.39 is 0 Å². The minimum absolute atomic E-state index is 0.0465. The second-order valence-corrected chi connectivity index (χ2v) is 4.33. The largest absolute Gasteiger partial charge is 0.492 e. The maximum absolute atomic E-state index is 8.71. The highest BCUT2D eigenvalue weighted by Crippen LogP contribution is 2.26. The second-order valence-electron chi connectivity index (χ2n) is 3.92. The van der Waals surface area contributed by atoms with Gasteiger partial charge in [0.1, 0.15) is 5.75 Å². The maximum atomic E-state index is 8.71. The van der Waals surface area contributed by atoms with E-state index in [2.05, 4.69) is 19.0 Å². The van der Waals surface area contributed by atoms with Crippen LogP contribution in [0.4, 0.5) is 0 Å². The average molecular weight is 257 g/mol. The molecule has 1 aromatic carbocycles. The van der Waals surface area contributed by atoms with Crippen LogP contribution in [0.1, 0.15) is 25.8 Å². The molecule has 3 N–H and O–H groups in total. The first-order valence-corrected chi connectivity index (χ1v) is 5.87. The van der Waals surface area contributed by atoms with Crippen LogP contribution in [0.25, 0.3) is 0 Å². The molecule has 1 unspecified atom stereocenters. The molecule has 1 rings (SSSR count). The molecule has 0 aliphatic carbocycles. The van der Waals surface area contributed by atoms with Crippen LogP contribution in [0.3, 0.4) is 0 Å². The Morgan fingerprint density at radius 3 is 2.88 bits per heavy atom. The maximum Gasteiger partial charge on any atom is 0.175 e. The molecular formula is C12H17ClN2O2. The number of nitrogens with zero attached hydrogens (tertiary/aromatic N) is 1. The Bertz CT molecular complexity index is 407. The van der Waals surface area contributed by atoms with Crippen LogP contribution < -0.4 is 10.5 Å². The standard InChI is InChI=1S/C12H17ClN2O2/c1-3-8(2)7-17-10-6-4-5-9(13)11(10)12(14)15-16/h4-6,8,16H,3,7H2,1-2H3,(H2,14,15). The minimum Gasteiger partial charge on any atom is -0.492 e. The number of nitrogens with two attached hydrogens (primary N) is 1. The van der Waals surface area contributed by atoms with E-state index in [0.29, 0.717) is 28.9 Å². The van der Waals surface area contributed by atoms with Crippen molar-refractivity contribution < 1.29 is 9.94 Å². The molecule has 0 fully saturated rings. The summed E-state index contributed by atoms with van der Waals surface area (Å²) in [6.45, 7) is 4.76. The zero-order valence-corrected chi connectivity index (χ0v) is 10.7. The van der Waals surface area contributed by atoms with Crippen LogP contribution in [0, 0.1) is 5.92 Å². The Morgan fingerprint density at radius 1 is 1.59 bits per heavy atom. The number of amidine groups is 1. The third-order valence-corrected chi connectivity index (χ3v) is 2.87.